The van der Waals surface area contributed by atoms with Crippen molar-refractivity contribution < 1.29 is 18.3 Å². The molecule has 3 rings (SSSR count). The van der Waals surface area contributed by atoms with E-state index in [2.05, 4.69) is 9.97 Å². The van der Waals surface area contributed by atoms with Crippen molar-refractivity contribution in [3.63, 3.8) is 0 Å². The molecule has 1 aromatic heterocycles. The Labute approximate surface area is 116 Å². The maximum Gasteiger partial charge on any atom is 0.322 e. The Morgan fingerprint density at radius 1 is 1.55 bits per heavy atom. The Hall–Kier alpha value is -1.45. The first kappa shape index (κ1) is 13.5. The molecule has 20 heavy (non-hydrogen) atoms. The molecule has 1 fully saturated rings. The second-order valence-electron chi connectivity index (χ2n) is 5.19. The molecule has 1 unspecified atom stereocenters. The number of nitrogens with one attached hydrogen (secondary N) is 1. The van der Waals surface area contributed by atoms with E-state index in [1.807, 2.05) is 0 Å². The molecule has 9 heteroatoms. The maximum atomic E-state index is 12.6. The fourth-order valence-corrected chi connectivity index (χ4v) is 4.15. The number of hydrogen-bond acceptors (Lipinski definition) is 4. The zero-order valence-corrected chi connectivity index (χ0v) is 11.8. The first-order valence-corrected chi connectivity index (χ1v) is 7.79. The van der Waals surface area contributed by atoms with Crippen LogP contribution in [0.4, 0.5) is 0 Å². The molecule has 0 radical (unpaired) electrons. The van der Waals surface area contributed by atoms with Crippen molar-refractivity contribution in [2.24, 2.45) is 0 Å². The number of carboxylic acids is 1. The number of carboxylic acid groups (broad SMARTS) is 1. The van der Waals surface area contributed by atoms with Crippen molar-refractivity contribution in [2.45, 2.75) is 37.9 Å². The van der Waals surface area contributed by atoms with Crippen molar-refractivity contribution in [3.8, 4) is 0 Å². The Bertz CT molecular complexity index is 637. The van der Waals surface area contributed by atoms with Gasteiger partial charge in [0.15, 0.2) is 0 Å². The van der Waals surface area contributed by atoms with Gasteiger partial charge in [-0.15, -0.1) is 0 Å². The van der Waals surface area contributed by atoms with Crippen molar-refractivity contribution in [3.05, 3.63) is 17.7 Å². The first-order valence-electron chi connectivity index (χ1n) is 6.40. The number of imidazole rings is 1. The molecule has 0 saturated heterocycles. The van der Waals surface area contributed by atoms with Crippen LogP contribution >= 0.6 is 0 Å². The van der Waals surface area contributed by atoms with Crippen molar-refractivity contribution in [1.29, 1.82) is 0 Å². The summed E-state index contributed by atoms with van der Waals surface area (Å²) in [7, 11) is -2.27. The van der Waals surface area contributed by atoms with Gasteiger partial charge in [0.2, 0.25) is 0 Å². The Kier molecular flexibility index (Phi) is 3.07. The molecule has 0 aromatic carbocycles. The summed E-state index contributed by atoms with van der Waals surface area (Å²) in [6.07, 6.45) is 3.21. The largest absolute Gasteiger partial charge is 0.480 e. The monoisotopic (exact) mass is 300 g/mol. The number of aliphatic carboxylic acids is 1. The Morgan fingerprint density at radius 3 is 2.85 bits per heavy atom. The SMILES string of the molecule is CN(C1CC1)S(=O)(=O)N1Cc2[nH]cnc2CC1C(=O)O. The van der Waals surface area contributed by atoms with Gasteiger partial charge >= 0.3 is 5.97 Å². The lowest BCUT2D eigenvalue weighted by atomic mass is 10.1. The number of nitrogens with zero attached hydrogens (tertiary/aromatic N) is 3. The van der Waals surface area contributed by atoms with Crippen molar-refractivity contribution >= 4 is 16.2 Å². The first-order chi connectivity index (χ1) is 9.41. The highest BCUT2D eigenvalue weighted by Gasteiger charge is 2.45. The van der Waals surface area contributed by atoms with Crippen LogP contribution in [0.1, 0.15) is 24.2 Å². The van der Waals surface area contributed by atoms with E-state index in [-0.39, 0.29) is 19.0 Å². The van der Waals surface area contributed by atoms with Crippen LogP contribution in [0, 0.1) is 0 Å². The quantitative estimate of drug-likeness (QED) is 0.784. The smallest absolute Gasteiger partial charge is 0.322 e. The van der Waals surface area contributed by atoms with Crippen molar-refractivity contribution in [1.82, 2.24) is 18.6 Å². The third kappa shape index (κ3) is 2.11. The minimum Gasteiger partial charge on any atom is -0.480 e. The van der Waals surface area contributed by atoms with E-state index in [1.165, 1.54) is 17.7 Å². The number of hydrogen-bond donors (Lipinski definition) is 2. The molecule has 1 aliphatic heterocycles. The molecule has 1 atom stereocenters. The van der Waals surface area contributed by atoms with Crippen molar-refractivity contribution in [2.75, 3.05) is 7.05 Å². The average Bonchev–Trinajstić information content (AvgIpc) is 3.14. The predicted molar refractivity (Wildman–Crippen MR) is 69.0 cm³/mol. The van der Waals surface area contributed by atoms with E-state index in [1.54, 1.807) is 0 Å². The van der Waals surface area contributed by atoms with E-state index < -0.39 is 22.2 Å². The van der Waals surface area contributed by atoms with Gasteiger partial charge in [-0.25, -0.2) is 4.98 Å². The molecule has 8 nitrogen and oxygen atoms in total. The molecule has 2 aliphatic rings. The summed E-state index contributed by atoms with van der Waals surface area (Å²) in [6.45, 7) is 0.0195. The predicted octanol–water partition coefficient (Wildman–Crippen LogP) is -0.440. The number of H-pyrrole nitrogens is 1. The number of fused-ring (bicyclic) bond motifs is 1. The lowest BCUT2D eigenvalue weighted by Gasteiger charge is -2.34. The van der Waals surface area contributed by atoms with Crippen LogP contribution in [0.15, 0.2) is 6.33 Å². The second kappa shape index (κ2) is 4.54. The molecule has 1 aliphatic carbocycles. The standard InChI is InChI=1S/C11H16N4O4S/c1-14(7-2-3-7)20(18,19)15-5-9-8(12-6-13-9)4-10(15)11(16)17/h6-7,10H,2-5H2,1H3,(H,12,13)(H,16,17). The molecule has 0 amide bonds. The van der Waals surface area contributed by atoms with E-state index >= 15 is 0 Å². The number of aromatic nitrogens is 2. The molecule has 1 saturated carbocycles. The lowest BCUT2D eigenvalue weighted by molar-refractivity contribution is -0.142. The van der Waals surface area contributed by atoms with E-state index in [9.17, 15) is 18.3 Å². The maximum absolute atomic E-state index is 12.6. The second-order valence-corrected chi connectivity index (χ2v) is 7.13. The van der Waals surface area contributed by atoms with Gasteiger partial charge in [-0.3, -0.25) is 4.79 Å². The number of carbonyl (C=O) groups is 1. The van der Waals surface area contributed by atoms with Gasteiger partial charge < -0.3 is 10.1 Å². The van der Waals surface area contributed by atoms with Crippen LogP contribution in [-0.2, 0) is 28.0 Å². The Morgan fingerprint density at radius 2 is 2.25 bits per heavy atom. The van der Waals surface area contributed by atoms with E-state index in [0.717, 1.165) is 17.1 Å². The third-order valence-electron chi connectivity index (χ3n) is 3.86. The molecule has 2 heterocycles. The summed E-state index contributed by atoms with van der Waals surface area (Å²) in [5, 5.41) is 9.31. The fraction of sp³-hybridized carbons (Fsp3) is 0.636. The highest BCUT2D eigenvalue weighted by Crippen LogP contribution is 2.32. The van der Waals surface area contributed by atoms with Crippen LogP contribution in [0.2, 0.25) is 0 Å². The van der Waals surface area contributed by atoms with Crippen LogP contribution in [0.3, 0.4) is 0 Å². The van der Waals surface area contributed by atoms with E-state index in [0.29, 0.717) is 11.4 Å². The number of aromatic amines is 1. The van der Waals surface area contributed by atoms with Gasteiger partial charge in [0.25, 0.3) is 10.2 Å². The molecule has 2 N–H and O–H groups in total. The van der Waals surface area contributed by atoms with Gasteiger partial charge in [0, 0.05) is 19.5 Å². The van der Waals surface area contributed by atoms with Crippen LogP contribution in [-0.4, -0.2) is 57.2 Å². The molecular formula is C11H16N4O4S. The zero-order chi connectivity index (χ0) is 14.5. The topological polar surface area (TPSA) is 107 Å². The third-order valence-corrected chi connectivity index (χ3v) is 5.86. The molecule has 110 valence electrons. The van der Waals surface area contributed by atoms with Gasteiger partial charge in [-0.2, -0.15) is 17.0 Å². The normalized spacial score (nSPS) is 23.8. The minimum absolute atomic E-state index is 0.00221. The number of rotatable bonds is 4. The summed E-state index contributed by atoms with van der Waals surface area (Å²) in [5.41, 5.74) is 1.29. The van der Waals surface area contributed by atoms with Gasteiger partial charge in [-0.1, -0.05) is 0 Å². The summed E-state index contributed by atoms with van der Waals surface area (Å²) >= 11 is 0. The summed E-state index contributed by atoms with van der Waals surface area (Å²) < 4.78 is 27.5. The van der Waals surface area contributed by atoms with Gasteiger partial charge in [0.05, 0.1) is 24.3 Å². The zero-order valence-electron chi connectivity index (χ0n) is 11.0. The van der Waals surface area contributed by atoms with Crippen LogP contribution in [0.25, 0.3) is 0 Å². The average molecular weight is 300 g/mol. The molecule has 1 aromatic rings. The Balaban J connectivity index is 1.95. The molecular weight excluding hydrogens is 284 g/mol. The summed E-state index contributed by atoms with van der Waals surface area (Å²) in [4.78, 5) is 18.3. The van der Waals surface area contributed by atoms with Crippen LogP contribution in [0.5, 0.6) is 0 Å². The highest BCUT2D eigenvalue weighted by atomic mass is 32.2. The molecule has 0 bridgehead atoms. The van der Waals surface area contributed by atoms with Crippen LogP contribution < -0.4 is 0 Å². The minimum atomic E-state index is -3.78. The van der Waals surface area contributed by atoms with E-state index in [4.69, 9.17) is 0 Å². The summed E-state index contributed by atoms with van der Waals surface area (Å²) in [6, 6.07) is -1.10. The molecule has 0 spiro atoms. The lowest BCUT2D eigenvalue weighted by Crippen LogP contribution is -2.53. The highest BCUT2D eigenvalue weighted by molar-refractivity contribution is 7.86. The van der Waals surface area contributed by atoms with Gasteiger partial charge in [0.1, 0.15) is 6.04 Å². The summed E-state index contributed by atoms with van der Waals surface area (Å²) in [5.74, 6) is -1.15. The van der Waals surface area contributed by atoms with Gasteiger partial charge in [-0.05, 0) is 12.8 Å². The fourth-order valence-electron chi connectivity index (χ4n) is 2.46.